The first kappa shape index (κ1) is 19.8. The fraction of sp³-hybridized carbons (Fsp3) is 0.522. The summed E-state index contributed by atoms with van der Waals surface area (Å²) in [7, 11) is 0. The number of fused-ring (bicyclic) bond motifs is 1. The molecule has 5 rings (SSSR count). The van der Waals surface area contributed by atoms with E-state index in [9.17, 15) is 0 Å². The minimum Gasteiger partial charge on any atom is -0.355 e. The van der Waals surface area contributed by atoms with Crippen LogP contribution >= 0.6 is 11.6 Å². The molecule has 2 fully saturated rings. The van der Waals surface area contributed by atoms with E-state index in [1.807, 2.05) is 6.33 Å². The fourth-order valence-corrected chi connectivity index (χ4v) is 5.11. The van der Waals surface area contributed by atoms with Crippen LogP contribution in [-0.2, 0) is 6.42 Å². The van der Waals surface area contributed by atoms with Gasteiger partial charge in [-0.25, -0.2) is 4.98 Å². The second-order valence-corrected chi connectivity index (χ2v) is 9.03. The van der Waals surface area contributed by atoms with E-state index >= 15 is 0 Å². The van der Waals surface area contributed by atoms with Crippen LogP contribution in [0.1, 0.15) is 50.1 Å². The summed E-state index contributed by atoms with van der Waals surface area (Å²) in [6.07, 6.45) is 10.5. The maximum Gasteiger partial charge on any atom is 0.226 e. The summed E-state index contributed by atoms with van der Waals surface area (Å²) in [6, 6.07) is 11.3. The van der Waals surface area contributed by atoms with Crippen molar-refractivity contribution in [2.24, 2.45) is 5.92 Å². The molecule has 1 aliphatic heterocycles. The van der Waals surface area contributed by atoms with E-state index in [2.05, 4.69) is 60.1 Å². The molecule has 0 spiro atoms. The molecule has 7 heteroatoms. The molecule has 0 unspecified atom stereocenters. The van der Waals surface area contributed by atoms with Crippen molar-refractivity contribution in [2.45, 2.75) is 51.0 Å². The summed E-state index contributed by atoms with van der Waals surface area (Å²) in [5.74, 6) is 1.51. The maximum atomic E-state index is 6.26. The van der Waals surface area contributed by atoms with E-state index in [1.54, 1.807) is 0 Å². The summed E-state index contributed by atoms with van der Waals surface area (Å²) in [6.45, 7) is 2.96. The van der Waals surface area contributed by atoms with Gasteiger partial charge in [-0.2, -0.15) is 9.97 Å². The molecule has 0 amide bonds. The second-order valence-electron chi connectivity index (χ2n) is 8.69. The van der Waals surface area contributed by atoms with Gasteiger partial charge in [-0.05, 0) is 55.2 Å². The Morgan fingerprint density at radius 2 is 1.77 bits per heavy atom. The molecule has 0 radical (unpaired) electrons. The molecule has 1 aromatic carbocycles. The predicted octanol–water partition coefficient (Wildman–Crippen LogP) is 4.92. The van der Waals surface area contributed by atoms with Crippen LogP contribution in [0.4, 0.5) is 5.82 Å². The van der Waals surface area contributed by atoms with E-state index in [0.29, 0.717) is 6.04 Å². The molecule has 158 valence electrons. The fourth-order valence-electron chi connectivity index (χ4n) is 4.95. The first-order valence-corrected chi connectivity index (χ1v) is 11.5. The minimum atomic E-state index is 0.284. The van der Waals surface area contributed by atoms with Crippen LogP contribution in [0.2, 0.25) is 5.28 Å². The highest BCUT2D eigenvalue weighted by Gasteiger charge is 2.23. The van der Waals surface area contributed by atoms with Gasteiger partial charge >= 0.3 is 0 Å². The van der Waals surface area contributed by atoms with Crippen LogP contribution in [0.3, 0.4) is 0 Å². The van der Waals surface area contributed by atoms with E-state index < -0.39 is 0 Å². The zero-order valence-corrected chi connectivity index (χ0v) is 18.1. The van der Waals surface area contributed by atoms with Crippen molar-refractivity contribution in [3.63, 3.8) is 0 Å². The number of benzene rings is 1. The summed E-state index contributed by atoms with van der Waals surface area (Å²) in [5, 5.41) is 3.76. The van der Waals surface area contributed by atoms with Gasteiger partial charge in [-0.3, -0.25) is 4.90 Å². The quantitative estimate of drug-likeness (QED) is 0.569. The molecule has 1 aliphatic carbocycles. The molecule has 2 aliphatic rings. The van der Waals surface area contributed by atoms with E-state index in [4.69, 9.17) is 11.6 Å². The number of anilines is 1. The Hall–Kier alpha value is -2.18. The normalized spacial score (nSPS) is 19.0. The number of hydrogen-bond donors (Lipinski definition) is 1. The lowest BCUT2D eigenvalue weighted by atomic mass is 9.90. The van der Waals surface area contributed by atoms with Crippen LogP contribution in [0.5, 0.6) is 0 Å². The van der Waals surface area contributed by atoms with Crippen molar-refractivity contribution < 1.29 is 0 Å². The number of piperidine rings is 1. The van der Waals surface area contributed by atoms with Gasteiger partial charge in [0.1, 0.15) is 0 Å². The molecule has 6 nitrogen and oxygen atoms in total. The van der Waals surface area contributed by atoms with Crippen molar-refractivity contribution in [2.75, 3.05) is 25.1 Å². The highest BCUT2D eigenvalue weighted by molar-refractivity contribution is 6.28. The van der Waals surface area contributed by atoms with Gasteiger partial charge in [0, 0.05) is 19.1 Å². The standard InChI is InChI=1S/C23H29ClN6/c24-23-27-21(20-22(28-23)30(16-25-20)19-8-4-5-9-19)26-15-29-12-10-18(11-13-29)14-17-6-2-1-3-7-17/h1-3,6-7,16,18-19H,4-5,8-15H2,(H,26,27,28). The lowest BCUT2D eigenvalue weighted by Gasteiger charge is -2.32. The summed E-state index contributed by atoms with van der Waals surface area (Å²) in [4.78, 5) is 16.0. The molecule has 1 N–H and O–H groups in total. The minimum absolute atomic E-state index is 0.284. The van der Waals surface area contributed by atoms with Crippen LogP contribution < -0.4 is 5.32 Å². The second kappa shape index (κ2) is 8.90. The van der Waals surface area contributed by atoms with Crippen LogP contribution in [0.25, 0.3) is 11.2 Å². The Balaban J connectivity index is 1.21. The molecule has 1 saturated carbocycles. The number of aromatic nitrogens is 4. The average Bonchev–Trinajstić information content (AvgIpc) is 3.43. The Labute approximate surface area is 182 Å². The predicted molar refractivity (Wildman–Crippen MR) is 121 cm³/mol. The van der Waals surface area contributed by atoms with Crippen LogP contribution in [-0.4, -0.2) is 44.2 Å². The van der Waals surface area contributed by atoms with Gasteiger partial charge in [-0.15, -0.1) is 0 Å². The first-order valence-electron chi connectivity index (χ1n) is 11.2. The number of rotatable bonds is 6. The Morgan fingerprint density at radius 3 is 2.53 bits per heavy atom. The zero-order chi connectivity index (χ0) is 20.3. The highest BCUT2D eigenvalue weighted by atomic mass is 35.5. The number of halogens is 1. The van der Waals surface area contributed by atoms with Gasteiger partial charge in [0.2, 0.25) is 5.28 Å². The van der Waals surface area contributed by atoms with Crippen molar-refractivity contribution in [3.05, 3.63) is 47.5 Å². The smallest absolute Gasteiger partial charge is 0.226 e. The third-order valence-corrected chi connectivity index (χ3v) is 6.83. The lowest BCUT2D eigenvalue weighted by molar-refractivity contribution is 0.194. The number of imidazole rings is 1. The zero-order valence-electron chi connectivity index (χ0n) is 17.3. The average molecular weight is 425 g/mol. The number of likely N-dealkylation sites (tertiary alicyclic amines) is 1. The first-order chi connectivity index (χ1) is 14.8. The Bertz CT molecular complexity index is 974. The molecule has 1 saturated heterocycles. The summed E-state index contributed by atoms with van der Waals surface area (Å²) in [5.41, 5.74) is 3.13. The van der Waals surface area contributed by atoms with Crippen molar-refractivity contribution in [1.29, 1.82) is 0 Å². The molecular formula is C23H29ClN6. The van der Waals surface area contributed by atoms with Crippen molar-refractivity contribution in [3.8, 4) is 0 Å². The Morgan fingerprint density at radius 1 is 1.00 bits per heavy atom. The summed E-state index contributed by atoms with van der Waals surface area (Å²) < 4.78 is 2.19. The van der Waals surface area contributed by atoms with E-state index in [1.165, 1.54) is 50.5 Å². The van der Waals surface area contributed by atoms with Gasteiger partial charge in [0.25, 0.3) is 0 Å². The van der Waals surface area contributed by atoms with E-state index in [-0.39, 0.29) is 5.28 Å². The molecule has 30 heavy (non-hydrogen) atoms. The lowest BCUT2D eigenvalue weighted by Crippen LogP contribution is -2.37. The molecule has 3 heterocycles. The SMILES string of the molecule is Clc1nc(NCN2CCC(Cc3ccccc3)CC2)c2ncn(C3CCCC3)c2n1. The molecular weight excluding hydrogens is 396 g/mol. The Kier molecular flexibility index (Phi) is 5.86. The third kappa shape index (κ3) is 4.30. The van der Waals surface area contributed by atoms with Crippen LogP contribution in [0.15, 0.2) is 36.7 Å². The molecule has 0 atom stereocenters. The van der Waals surface area contributed by atoms with Gasteiger partial charge in [0.05, 0.1) is 13.0 Å². The topological polar surface area (TPSA) is 58.9 Å². The van der Waals surface area contributed by atoms with Crippen molar-refractivity contribution in [1.82, 2.24) is 24.4 Å². The monoisotopic (exact) mass is 424 g/mol. The van der Waals surface area contributed by atoms with Gasteiger partial charge in [0.15, 0.2) is 17.0 Å². The molecule has 3 aromatic rings. The van der Waals surface area contributed by atoms with Crippen LogP contribution in [0, 0.1) is 5.92 Å². The highest BCUT2D eigenvalue weighted by Crippen LogP contribution is 2.33. The molecule has 0 bridgehead atoms. The largest absolute Gasteiger partial charge is 0.355 e. The number of nitrogens with one attached hydrogen (secondary N) is 1. The molecule has 2 aromatic heterocycles. The van der Waals surface area contributed by atoms with Crippen molar-refractivity contribution >= 4 is 28.6 Å². The van der Waals surface area contributed by atoms with Gasteiger partial charge < -0.3 is 9.88 Å². The van der Waals surface area contributed by atoms with E-state index in [0.717, 1.165) is 42.7 Å². The number of nitrogens with zero attached hydrogens (tertiary/aromatic N) is 5. The van der Waals surface area contributed by atoms with Gasteiger partial charge in [-0.1, -0.05) is 43.2 Å². The third-order valence-electron chi connectivity index (χ3n) is 6.66. The number of hydrogen-bond acceptors (Lipinski definition) is 5. The summed E-state index contributed by atoms with van der Waals surface area (Å²) >= 11 is 6.26. The maximum absolute atomic E-state index is 6.26.